The number of nitrogens with zero attached hydrogens (tertiary/aromatic N) is 1. The van der Waals surface area contributed by atoms with E-state index in [2.05, 4.69) is 38.0 Å². The highest BCUT2D eigenvalue weighted by atomic mass is 16.3. The van der Waals surface area contributed by atoms with Crippen LogP contribution < -0.4 is 5.32 Å². The SMILES string of the molecule is CCCNC(CO)CCN(C)CC(C)C. The Kier molecular flexibility index (Phi) is 9.06. The van der Waals surface area contributed by atoms with Crippen LogP contribution in [0, 0.1) is 5.92 Å². The Balaban J connectivity index is 3.60. The Bertz CT molecular complexity index is 140. The van der Waals surface area contributed by atoms with Gasteiger partial charge in [-0.3, -0.25) is 0 Å². The third-order valence-corrected chi connectivity index (χ3v) is 2.44. The van der Waals surface area contributed by atoms with Crippen molar-refractivity contribution in [1.82, 2.24) is 10.2 Å². The molecule has 1 unspecified atom stereocenters. The first-order chi connectivity index (χ1) is 7.10. The van der Waals surface area contributed by atoms with Gasteiger partial charge in [0.15, 0.2) is 0 Å². The van der Waals surface area contributed by atoms with Crippen LogP contribution in [0.3, 0.4) is 0 Å². The molecule has 15 heavy (non-hydrogen) atoms. The van der Waals surface area contributed by atoms with Crippen LogP contribution in [-0.2, 0) is 0 Å². The predicted molar refractivity (Wildman–Crippen MR) is 66.1 cm³/mol. The highest BCUT2D eigenvalue weighted by molar-refractivity contribution is 4.67. The van der Waals surface area contributed by atoms with E-state index in [1.54, 1.807) is 0 Å². The fourth-order valence-corrected chi connectivity index (χ4v) is 1.70. The van der Waals surface area contributed by atoms with Crippen molar-refractivity contribution < 1.29 is 5.11 Å². The molecule has 0 fully saturated rings. The number of hydrogen-bond acceptors (Lipinski definition) is 3. The molecule has 0 saturated heterocycles. The summed E-state index contributed by atoms with van der Waals surface area (Å²) in [5.74, 6) is 0.714. The van der Waals surface area contributed by atoms with Crippen LogP contribution in [0.25, 0.3) is 0 Å². The molecule has 0 aliphatic heterocycles. The Morgan fingerprint density at radius 3 is 2.47 bits per heavy atom. The van der Waals surface area contributed by atoms with Crippen LogP contribution >= 0.6 is 0 Å². The minimum absolute atomic E-state index is 0.246. The maximum Gasteiger partial charge on any atom is 0.0585 e. The maximum atomic E-state index is 9.17. The Labute approximate surface area is 94.9 Å². The van der Waals surface area contributed by atoms with E-state index in [4.69, 9.17) is 5.11 Å². The normalized spacial score (nSPS) is 13.8. The zero-order valence-corrected chi connectivity index (χ0v) is 10.8. The van der Waals surface area contributed by atoms with Gasteiger partial charge in [-0.1, -0.05) is 20.8 Å². The van der Waals surface area contributed by atoms with E-state index in [0.717, 1.165) is 32.5 Å². The van der Waals surface area contributed by atoms with Crippen molar-refractivity contribution in [3.63, 3.8) is 0 Å². The second-order valence-electron chi connectivity index (χ2n) is 4.78. The van der Waals surface area contributed by atoms with E-state index in [0.29, 0.717) is 5.92 Å². The van der Waals surface area contributed by atoms with Crippen molar-refractivity contribution >= 4 is 0 Å². The largest absolute Gasteiger partial charge is 0.395 e. The molecule has 0 aliphatic rings. The van der Waals surface area contributed by atoms with Crippen LogP contribution in [0.2, 0.25) is 0 Å². The number of nitrogens with one attached hydrogen (secondary N) is 1. The predicted octanol–water partition coefficient (Wildman–Crippen LogP) is 1.32. The summed E-state index contributed by atoms with van der Waals surface area (Å²) in [7, 11) is 2.15. The molecule has 0 rings (SSSR count). The van der Waals surface area contributed by atoms with Gasteiger partial charge in [0.1, 0.15) is 0 Å². The fourth-order valence-electron chi connectivity index (χ4n) is 1.70. The topological polar surface area (TPSA) is 35.5 Å². The maximum absolute atomic E-state index is 9.17. The van der Waals surface area contributed by atoms with Gasteiger partial charge in [-0.15, -0.1) is 0 Å². The zero-order valence-electron chi connectivity index (χ0n) is 10.8. The quantitative estimate of drug-likeness (QED) is 0.610. The molecule has 1 atom stereocenters. The molecule has 3 nitrogen and oxygen atoms in total. The molecule has 0 aliphatic carbocycles. The summed E-state index contributed by atoms with van der Waals surface area (Å²) in [6, 6.07) is 0.263. The third-order valence-electron chi connectivity index (χ3n) is 2.44. The van der Waals surface area contributed by atoms with Crippen LogP contribution in [-0.4, -0.2) is 49.3 Å². The van der Waals surface area contributed by atoms with E-state index in [1.807, 2.05) is 0 Å². The van der Waals surface area contributed by atoms with Crippen LogP contribution in [0.15, 0.2) is 0 Å². The lowest BCUT2D eigenvalue weighted by Crippen LogP contribution is -2.37. The Hall–Kier alpha value is -0.120. The summed E-state index contributed by atoms with van der Waals surface area (Å²) >= 11 is 0. The molecule has 0 saturated carbocycles. The second kappa shape index (κ2) is 9.13. The molecule has 92 valence electrons. The molecular weight excluding hydrogens is 188 g/mol. The fraction of sp³-hybridized carbons (Fsp3) is 1.00. The van der Waals surface area contributed by atoms with Crippen molar-refractivity contribution in [3.05, 3.63) is 0 Å². The summed E-state index contributed by atoms with van der Waals surface area (Å²) < 4.78 is 0. The van der Waals surface area contributed by atoms with E-state index >= 15 is 0 Å². The lowest BCUT2D eigenvalue weighted by Gasteiger charge is -2.22. The number of hydrogen-bond donors (Lipinski definition) is 2. The summed E-state index contributed by atoms with van der Waals surface area (Å²) in [4.78, 5) is 2.33. The minimum Gasteiger partial charge on any atom is -0.395 e. The van der Waals surface area contributed by atoms with E-state index in [-0.39, 0.29) is 12.6 Å². The van der Waals surface area contributed by atoms with Crippen LogP contribution in [0.4, 0.5) is 0 Å². The van der Waals surface area contributed by atoms with Crippen LogP contribution in [0.1, 0.15) is 33.6 Å². The van der Waals surface area contributed by atoms with Crippen molar-refractivity contribution in [2.45, 2.75) is 39.7 Å². The number of rotatable bonds is 9. The number of aliphatic hydroxyl groups excluding tert-OH is 1. The molecule has 3 heteroatoms. The molecule has 0 amide bonds. The van der Waals surface area contributed by atoms with Crippen molar-refractivity contribution in [2.24, 2.45) is 5.92 Å². The summed E-state index contributed by atoms with van der Waals surface area (Å²) in [6.45, 7) is 10.0. The lowest BCUT2D eigenvalue weighted by atomic mass is 10.1. The molecule has 0 aromatic carbocycles. The lowest BCUT2D eigenvalue weighted by molar-refractivity contribution is 0.212. The zero-order chi connectivity index (χ0) is 11.7. The molecule has 0 radical (unpaired) electrons. The van der Waals surface area contributed by atoms with Gasteiger partial charge in [0.2, 0.25) is 0 Å². The van der Waals surface area contributed by atoms with Crippen molar-refractivity contribution in [3.8, 4) is 0 Å². The van der Waals surface area contributed by atoms with E-state index in [1.165, 1.54) is 0 Å². The molecule has 0 aromatic heterocycles. The summed E-state index contributed by atoms with van der Waals surface area (Å²) in [5.41, 5.74) is 0. The van der Waals surface area contributed by atoms with E-state index in [9.17, 15) is 0 Å². The Morgan fingerprint density at radius 2 is 2.00 bits per heavy atom. The third kappa shape index (κ3) is 8.85. The first-order valence-electron chi connectivity index (χ1n) is 6.12. The standard InChI is InChI=1S/C12H28N2O/c1-5-7-13-12(10-15)6-8-14(4)9-11(2)3/h11-13,15H,5-10H2,1-4H3. The second-order valence-corrected chi connectivity index (χ2v) is 4.78. The first kappa shape index (κ1) is 14.9. The molecule has 0 aromatic rings. The van der Waals surface area contributed by atoms with Gasteiger partial charge in [0, 0.05) is 12.6 Å². The average Bonchev–Trinajstić information content (AvgIpc) is 2.17. The van der Waals surface area contributed by atoms with Crippen molar-refractivity contribution in [1.29, 1.82) is 0 Å². The smallest absolute Gasteiger partial charge is 0.0585 e. The number of aliphatic hydroxyl groups is 1. The van der Waals surface area contributed by atoms with Crippen LogP contribution in [0.5, 0.6) is 0 Å². The molecule has 2 N–H and O–H groups in total. The van der Waals surface area contributed by atoms with Gasteiger partial charge in [-0.25, -0.2) is 0 Å². The molecular formula is C12H28N2O. The molecule has 0 heterocycles. The van der Waals surface area contributed by atoms with E-state index < -0.39 is 0 Å². The van der Waals surface area contributed by atoms with Crippen molar-refractivity contribution in [2.75, 3.05) is 33.3 Å². The molecule has 0 bridgehead atoms. The average molecular weight is 216 g/mol. The summed E-state index contributed by atoms with van der Waals surface area (Å²) in [6.07, 6.45) is 2.15. The van der Waals surface area contributed by atoms with Gasteiger partial charge < -0.3 is 15.3 Å². The highest BCUT2D eigenvalue weighted by Gasteiger charge is 2.08. The van der Waals surface area contributed by atoms with Gasteiger partial charge in [0.25, 0.3) is 0 Å². The minimum atomic E-state index is 0.246. The summed E-state index contributed by atoms with van der Waals surface area (Å²) in [5, 5.41) is 12.5. The highest BCUT2D eigenvalue weighted by Crippen LogP contribution is 1.99. The first-order valence-corrected chi connectivity index (χ1v) is 6.12. The van der Waals surface area contributed by atoms with Gasteiger partial charge in [0.05, 0.1) is 6.61 Å². The van der Waals surface area contributed by atoms with Gasteiger partial charge in [-0.2, -0.15) is 0 Å². The Morgan fingerprint density at radius 1 is 1.33 bits per heavy atom. The van der Waals surface area contributed by atoms with Gasteiger partial charge in [-0.05, 0) is 38.9 Å². The van der Waals surface area contributed by atoms with Gasteiger partial charge >= 0.3 is 0 Å². The molecule has 0 spiro atoms. The monoisotopic (exact) mass is 216 g/mol.